The van der Waals surface area contributed by atoms with Crippen molar-refractivity contribution in [1.29, 1.82) is 0 Å². The standard InChI is InChI=1S/C22H17FN4O4S3/c23-14-6-2-1-5-13(14)11-17-20(30)27(22(32)34-17)10-9-18(28)25-26-19(29)12-33-21-24-15-7-3-4-8-16(15)31-21/h1-8,11H,9-10,12H2,(H,25,28)(H,26,29)/b17-11-. The molecule has 0 aliphatic carbocycles. The second-order valence-corrected chi connectivity index (χ2v) is 9.54. The lowest BCUT2D eigenvalue weighted by molar-refractivity contribution is -0.128. The van der Waals surface area contributed by atoms with E-state index in [0.717, 1.165) is 23.5 Å². The number of nitrogens with one attached hydrogen (secondary N) is 2. The van der Waals surface area contributed by atoms with Crippen LogP contribution in [0, 0.1) is 5.82 Å². The Kier molecular flexibility index (Phi) is 7.60. The Labute approximate surface area is 207 Å². The molecule has 2 heterocycles. The lowest BCUT2D eigenvalue weighted by Crippen LogP contribution is -2.44. The van der Waals surface area contributed by atoms with Crippen molar-refractivity contribution in [2.24, 2.45) is 0 Å². The number of rotatable bonds is 7. The van der Waals surface area contributed by atoms with E-state index in [1.807, 2.05) is 12.1 Å². The molecule has 4 rings (SSSR count). The number of aromatic nitrogens is 1. The number of fused-ring (bicyclic) bond motifs is 1. The fraction of sp³-hybridized carbons (Fsp3) is 0.136. The highest BCUT2D eigenvalue weighted by atomic mass is 32.2. The quantitative estimate of drug-likeness (QED) is 0.213. The Morgan fingerprint density at radius 3 is 2.68 bits per heavy atom. The molecule has 3 amide bonds. The zero-order chi connectivity index (χ0) is 24.1. The predicted octanol–water partition coefficient (Wildman–Crippen LogP) is 3.50. The van der Waals surface area contributed by atoms with Crippen LogP contribution in [0.5, 0.6) is 0 Å². The third-order valence-corrected chi connectivity index (χ3v) is 6.78. The molecular formula is C22H17FN4O4S3. The summed E-state index contributed by atoms with van der Waals surface area (Å²) in [7, 11) is 0. The first-order chi connectivity index (χ1) is 16.4. The zero-order valence-corrected chi connectivity index (χ0v) is 19.9. The number of benzene rings is 2. The molecule has 0 saturated carbocycles. The predicted molar refractivity (Wildman–Crippen MR) is 132 cm³/mol. The van der Waals surface area contributed by atoms with Gasteiger partial charge in [0.25, 0.3) is 11.1 Å². The van der Waals surface area contributed by atoms with E-state index in [9.17, 15) is 18.8 Å². The number of carbonyl (C=O) groups is 3. The largest absolute Gasteiger partial charge is 0.431 e. The first-order valence-electron chi connectivity index (χ1n) is 9.96. The molecule has 174 valence electrons. The molecule has 0 atom stereocenters. The lowest BCUT2D eigenvalue weighted by Gasteiger charge is -2.14. The summed E-state index contributed by atoms with van der Waals surface area (Å²) in [6.45, 7) is 0.0264. The van der Waals surface area contributed by atoms with Crippen LogP contribution in [-0.4, -0.2) is 44.2 Å². The number of hydrogen-bond acceptors (Lipinski definition) is 8. The van der Waals surface area contributed by atoms with Gasteiger partial charge in [-0.15, -0.1) is 0 Å². The van der Waals surface area contributed by atoms with Crippen molar-refractivity contribution in [3.63, 3.8) is 0 Å². The molecule has 1 saturated heterocycles. The fourth-order valence-corrected chi connectivity index (χ4v) is 4.86. The maximum absolute atomic E-state index is 13.9. The molecule has 34 heavy (non-hydrogen) atoms. The molecule has 0 unspecified atom stereocenters. The van der Waals surface area contributed by atoms with Crippen molar-refractivity contribution in [1.82, 2.24) is 20.7 Å². The van der Waals surface area contributed by atoms with Crippen molar-refractivity contribution in [3.05, 3.63) is 64.8 Å². The van der Waals surface area contributed by atoms with Crippen LogP contribution in [0.2, 0.25) is 0 Å². The van der Waals surface area contributed by atoms with E-state index in [2.05, 4.69) is 15.8 Å². The fourth-order valence-electron chi connectivity index (χ4n) is 2.92. The highest BCUT2D eigenvalue weighted by Crippen LogP contribution is 2.33. The molecule has 0 spiro atoms. The molecule has 0 radical (unpaired) electrons. The van der Waals surface area contributed by atoms with Crippen LogP contribution in [0.15, 0.2) is 63.1 Å². The maximum Gasteiger partial charge on any atom is 0.266 e. The molecule has 8 nitrogen and oxygen atoms in total. The van der Waals surface area contributed by atoms with Gasteiger partial charge in [0.1, 0.15) is 15.7 Å². The van der Waals surface area contributed by atoms with Gasteiger partial charge < -0.3 is 4.42 Å². The Morgan fingerprint density at radius 1 is 1.15 bits per heavy atom. The summed E-state index contributed by atoms with van der Waals surface area (Å²) in [5, 5.41) is 0.348. The molecule has 3 aromatic rings. The highest BCUT2D eigenvalue weighted by Gasteiger charge is 2.32. The van der Waals surface area contributed by atoms with Crippen molar-refractivity contribution >= 4 is 75.0 Å². The maximum atomic E-state index is 13.9. The van der Waals surface area contributed by atoms with E-state index in [0.29, 0.717) is 16.3 Å². The number of nitrogens with zero attached hydrogens (tertiary/aromatic N) is 2. The second kappa shape index (κ2) is 10.8. The van der Waals surface area contributed by atoms with Crippen molar-refractivity contribution in [3.8, 4) is 0 Å². The minimum atomic E-state index is -0.493. The topological polar surface area (TPSA) is 105 Å². The Morgan fingerprint density at radius 2 is 1.88 bits per heavy atom. The molecule has 1 aromatic heterocycles. The van der Waals surface area contributed by atoms with Gasteiger partial charge in [-0.25, -0.2) is 9.37 Å². The molecular weight excluding hydrogens is 499 g/mol. The van der Waals surface area contributed by atoms with Gasteiger partial charge in [0, 0.05) is 18.5 Å². The van der Waals surface area contributed by atoms with Crippen molar-refractivity contribution in [2.75, 3.05) is 12.3 Å². The van der Waals surface area contributed by atoms with Gasteiger partial charge in [0.05, 0.1) is 10.7 Å². The third-order valence-electron chi connectivity index (χ3n) is 4.57. The Hall–Kier alpha value is -3.22. The van der Waals surface area contributed by atoms with Gasteiger partial charge in [0.15, 0.2) is 5.58 Å². The van der Waals surface area contributed by atoms with E-state index in [4.69, 9.17) is 16.6 Å². The minimum absolute atomic E-state index is 0.0113. The van der Waals surface area contributed by atoms with E-state index in [1.54, 1.807) is 30.3 Å². The van der Waals surface area contributed by atoms with E-state index >= 15 is 0 Å². The van der Waals surface area contributed by atoms with Crippen molar-refractivity contribution in [2.45, 2.75) is 11.6 Å². The van der Waals surface area contributed by atoms with E-state index in [-0.39, 0.29) is 33.5 Å². The summed E-state index contributed by atoms with van der Waals surface area (Å²) in [6.07, 6.45) is 1.35. The number of hydrogen-bond donors (Lipinski definition) is 2. The molecule has 2 N–H and O–H groups in total. The number of thiocarbonyl (C=S) groups is 1. The SMILES string of the molecule is O=C(CCN1C(=O)/C(=C/c2ccccc2F)SC1=S)NNC(=O)CSc1nc2ccccc2o1. The van der Waals surface area contributed by atoms with E-state index < -0.39 is 23.5 Å². The van der Waals surface area contributed by atoms with Crippen LogP contribution >= 0.6 is 35.7 Å². The summed E-state index contributed by atoms with van der Waals surface area (Å²) < 4.78 is 19.7. The number of thioether (sulfide) groups is 2. The number of para-hydroxylation sites is 2. The Balaban J connectivity index is 1.22. The van der Waals surface area contributed by atoms with Crippen molar-refractivity contribution < 1.29 is 23.2 Å². The van der Waals surface area contributed by atoms with Crippen LogP contribution in [0.3, 0.4) is 0 Å². The smallest absolute Gasteiger partial charge is 0.266 e. The number of oxazole rings is 1. The molecule has 1 fully saturated rings. The zero-order valence-electron chi connectivity index (χ0n) is 17.4. The summed E-state index contributed by atoms with van der Waals surface area (Å²) in [5.74, 6) is -1.80. The summed E-state index contributed by atoms with van der Waals surface area (Å²) >= 11 is 7.36. The van der Waals surface area contributed by atoms with Crippen LogP contribution in [0.1, 0.15) is 12.0 Å². The number of amides is 3. The first-order valence-corrected chi connectivity index (χ1v) is 12.2. The lowest BCUT2D eigenvalue weighted by atomic mass is 10.2. The summed E-state index contributed by atoms with van der Waals surface area (Å²) in [4.78, 5) is 42.5. The normalized spacial score (nSPS) is 14.7. The average molecular weight is 517 g/mol. The van der Waals surface area contributed by atoms with Gasteiger partial charge in [-0.05, 0) is 24.3 Å². The molecule has 1 aliphatic rings. The average Bonchev–Trinajstić information content (AvgIpc) is 3.36. The molecule has 12 heteroatoms. The highest BCUT2D eigenvalue weighted by molar-refractivity contribution is 8.26. The Bertz CT molecular complexity index is 1280. The van der Waals surface area contributed by atoms with Crippen LogP contribution in [0.25, 0.3) is 17.2 Å². The molecule has 1 aliphatic heterocycles. The number of carbonyl (C=O) groups excluding carboxylic acids is 3. The molecule has 2 aromatic carbocycles. The van der Waals surface area contributed by atoms with E-state index in [1.165, 1.54) is 17.0 Å². The van der Waals surface area contributed by atoms with Crippen LogP contribution < -0.4 is 10.9 Å². The summed E-state index contributed by atoms with van der Waals surface area (Å²) in [6, 6.07) is 13.3. The van der Waals surface area contributed by atoms with Crippen LogP contribution in [-0.2, 0) is 14.4 Å². The molecule has 0 bridgehead atoms. The van der Waals surface area contributed by atoms with Gasteiger partial charge in [-0.1, -0.05) is 66.1 Å². The minimum Gasteiger partial charge on any atom is -0.431 e. The van der Waals surface area contributed by atoms with Gasteiger partial charge in [-0.2, -0.15) is 0 Å². The van der Waals surface area contributed by atoms with Gasteiger partial charge >= 0.3 is 0 Å². The second-order valence-electron chi connectivity index (χ2n) is 6.94. The van der Waals surface area contributed by atoms with Gasteiger partial charge in [-0.3, -0.25) is 30.1 Å². The van der Waals surface area contributed by atoms with Gasteiger partial charge in [0.2, 0.25) is 11.8 Å². The first kappa shape index (κ1) is 23.9. The monoisotopic (exact) mass is 516 g/mol. The third kappa shape index (κ3) is 5.82. The van der Waals surface area contributed by atoms with Crippen LogP contribution in [0.4, 0.5) is 4.39 Å². The summed E-state index contributed by atoms with van der Waals surface area (Å²) in [5.41, 5.74) is 6.20. The number of halogens is 1. The number of hydrazine groups is 1.